The van der Waals surface area contributed by atoms with Crippen LogP contribution in [0.4, 0.5) is 5.69 Å². The van der Waals surface area contributed by atoms with Gasteiger partial charge in [-0.3, -0.25) is 4.79 Å². The van der Waals surface area contributed by atoms with Gasteiger partial charge in [-0.1, -0.05) is 17.7 Å². The standard InChI is InChI=1S/C19H18ClNO4/c1-23-15-8-7-14(20)12-5-3-9-21(17(12)15)19(22)13-4-2-6-16-18(13)25-11-10-24-16/h2,4,6-8H,3,5,9-11H2,1H3. The van der Waals surface area contributed by atoms with E-state index in [-0.39, 0.29) is 5.91 Å². The summed E-state index contributed by atoms with van der Waals surface area (Å²) in [7, 11) is 1.60. The van der Waals surface area contributed by atoms with Gasteiger partial charge >= 0.3 is 0 Å². The predicted octanol–water partition coefficient (Wildman–Crippen LogP) is 3.71. The summed E-state index contributed by atoms with van der Waals surface area (Å²) < 4.78 is 16.8. The zero-order valence-corrected chi connectivity index (χ0v) is 14.6. The number of carbonyl (C=O) groups excluding carboxylic acids is 1. The van der Waals surface area contributed by atoms with Crippen molar-refractivity contribution in [2.75, 3.05) is 31.8 Å². The van der Waals surface area contributed by atoms with Gasteiger partial charge in [0.1, 0.15) is 19.0 Å². The third kappa shape index (κ3) is 2.68. The summed E-state index contributed by atoms with van der Waals surface area (Å²) in [5.41, 5.74) is 2.19. The lowest BCUT2D eigenvalue weighted by molar-refractivity contribution is 0.0973. The van der Waals surface area contributed by atoms with Gasteiger partial charge in [-0.2, -0.15) is 0 Å². The lowest BCUT2D eigenvalue weighted by atomic mass is 9.99. The zero-order chi connectivity index (χ0) is 17.4. The molecule has 0 aliphatic carbocycles. The number of hydrogen-bond donors (Lipinski definition) is 0. The van der Waals surface area contributed by atoms with E-state index in [4.69, 9.17) is 25.8 Å². The Labute approximate surface area is 151 Å². The van der Waals surface area contributed by atoms with Crippen molar-refractivity contribution in [3.8, 4) is 17.2 Å². The van der Waals surface area contributed by atoms with E-state index in [0.29, 0.717) is 47.6 Å². The van der Waals surface area contributed by atoms with E-state index in [2.05, 4.69) is 0 Å². The molecule has 2 aliphatic rings. The SMILES string of the molecule is COc1ccc(Cl)c2c1N(C(=O)c1cccc3c1OCCO3)CCC2. The Balaban J connectivity index is 1.80. The highest BCUT2D eigenvalue weighted by atomic mass is 35.5. The van der Waals surface area contributed by atoms with Crippen molar-refractivity contribution < 1.29 is 19.0 Å². The summed E-state index contributed by atoms with van der Waals surface area (Å²) in [6.45, 7) is 1.52. The van der Waals surface area contributed by atoms with Crippen molar-refractivity contribution in [2.24, 2.45) is 0 Å². The van der Waals surface area contributed by atoms with Crippen LogP contribution in [0.3, 0.4) is 0 Å². The summed E-state index contributed by atoms with van der Waals surface area (Å²) in [5.74, 6) is 1.62. The lowest BCUT2D eigenvalue weighted by Gasteiger charge is -2.32. The monoisotopic (exact) mass is 359 g/mol. The van der Waals surface area contributed by atoms with Gasteiger partial charge in [0.2, 0.25) is 0 Å². The summed E-state index contributed by atoms with van der Waals surface area (Å²) in [6, 6.07) is 9.00. The molecule has 4 rings (SSSR count). The van der Waals surface area contributed by atoms with Crippen molar-refractivity contribution in [3.63, 3.8) is 0 Å². The molecule has 2 aromatic rings. The fourth-order valence-corrected chi connectivity index (χ4v) is 3.65. The summed E-state index contributed by atoms with van der Waals surface area (Å²) in [5, 5.41) is 0.656. The molecule has 2 aromatic carbocycles. The maximum atomic E-state index is 13.3. The summed E-state index contributed by atoms with van der Waals surface area (Å²) in [6.07, 6.45) is 1.67. The maximum absolute atomic E-state index is 13.3. The number of ether oxygens (including phenoxy) is 3. The van der Waals surface area contributed by atoms with E-state index in [1.54, 1.807) is 30.2 Å². The molecule has 0 bridgehead atoms. The molecule has 2 heterocycles. The molecule has 0 spiro atoms. The highest BCUT2D eigenvalue weighted by Gasteiger charge is 2.31. The zero-order valence-electron chi connectivity index (χ0n) is 13.9. The van der Waals surface area contributed by atoms with Crippen LogP contribution in [-0.2, 0) is 6.42 Å². The molecule has 2 aliphatic heterocycles. The minimum Gasteiger partial charge on any atom is -0.495 e. The minimum atomic E-state index is -0.135. The van der Waals surface area contributed by atoms with Crippen LogP contribution in [-0.4, -0.2) is 32.8 Å². The molecule has 0 atom stereocenters. The number of nitrogens with zero attached hydrogens (tertiary/aromatic N) is 1. The molecule has 0 aromatic heterocycles. The number of hydrogen-bond acceptors (Lipinski definition) is 4. The van der Waals surface area contributed by atoms with Crippen molar-refractivity contribution in [1.29, 1.82) is 0 Å². The van der Waals surface area contributed by atoms with Crippen LogP contribution in [0.1, 0.15) is 22.3 Å². The van der Waals surface area contributed by atoms with Gasteiger partial charge in [-0.15, -0.1) is 0 Å². The number of rotatable bonds is 2. The van der Waals surface area contributed by atoms with Crippen LogP contribution < -0.4 is 19.1 Å². The first-order chi connectivity index (χ1) is 12.2. The van der Waals surface area contributed by atoms with Crippen LogP contribution >= 0.6 is 11.6 Å². The first kappa shape index (κ1) is 16.1. The molecule has 0 saturated carbocycles. The lowest BCUT2D eigenvalue weighted by Crippen LogP contribution is -2.36. The van der Waals surface area contributed by atoms with Gasteiger partial charge in [-0.25, -0.2) is 0 Å². The molecule has 25 heavy (non-hydrogen) atoms. The van der Waals surface area contributed by atoms with Gasteiger partial charge in [0, 0.05) is 11.6 Å². The van der Waals surface area contributed by atoms with Crippen LogP contribution in [0.2, 0.25) is 5.02 Å². The average molecular weight is 360 g/mol. The molecule has 0 fully saturated rings. The molecule has 0 saturated heterocycles. The first-order valence-electron chi connectivity index (χ1n) is 8.26. The number of methoxy groups -OCH3 is 1. The Morgan fingerprint density at radius 2 is 2.04 bits per heavy atom. The number of amides is 1. The van der Waals surface area contributed by atoms with Crippen molar-refractivity contribution in [3.05, 3.63) is 46.5 Å². The van der Waals surface area contributed by atoms with Gasteiger partial charge in [0.15, 0.2) is 11.5 Å². The van der Waals surface area contributed by atoms with Crippen molar-refractivity contribution in [2.45, 2.75) is 12.8 Å². The maximum Gasteiger partial charge on any atom is 0.262 e. The van der Waals surface area contributed by atoms with Gasteiger partial charge in [0.25, 0.3) is 5.91 Å². The third-order valence-electron chi connectivity index (χ3n) is 4.53. The van der Waals surface area contributed by atoms with E-state index >= 15 is 0 Å². The normalized spacial score (nSPS) is 15.5. The fourth-order valence-electron chi connectivity index (χ4n) is 3.41. The van der Waals surface area contributed by atoms with Crippen molar-refractivity contribution in [1.82, 2.24) is 0 Å². The topological polar surface area (TPSA) is 48.0 Å². The molecule has 1 amide bonds. The van der Waals surface area contributed by atoms with E-state index in [1.807, 2.05) is 12.1 Å². The Hall–Kier alpha value is -2.40. The number of carbonyl (C=O) groups is 1. The number of anilines is 1. The molecule has 0 N–H and O–H groups in total. The molecule has 0 radical (unpaired) electrons. The minimum absolute atomic E-state index is 0.135. The molecular weight excluding hydrogens is 342 g/mol. The van der Waals surface area contributed by atoms with E-state index < -0.39 is 0 Å². The molecule has 130 valence electrons. The number of fused-ring (bicyclic) bond motifs is 2. The molecule has 5 nitrogen and oxygen atoms in total. The van der Waals surface area contributed by atoms with Crippen LogP contribution in [0.5, 0.6) is 17.2 Å². The largest absolute Gasteiger partial charge is 0.495 e. The number of para-hydroxylation sites is 1. The second kappa shape index (κ2) is 6.48. The quantitative estimate of drug-likeness (QED) is 0.820. The highest BCUT2D eigenvalue weighted by Crippen LogP contribution is 2.42. The molecule has 6 heteroatoms. The predicted molar refractivity (Wildman–Crippen MR) is 95.4 cm³/mol. The Bertz CT molecular complexity index is 836. The summed E-state index contributed by atoms with van der Waals surface area (Å²) >= 11 is 6.36. The van der Waals surface area contributed by atoms with E-state index in [1.165, 1.54) is 0 Å². The van der Waals surface area contributed by atoms with Gasteiger partial charge in [0.05, 0.1) is 18.4 Å². The number of halogens is 1. The smallest absolute Gasteiger partial charge is 0.262 e. The fraction of sp³-hybridized carbons (Fsp3) is 0.316. The highest BCUT2D eigenvalue weighted by molar-refractivity contribution is 6.32. The van der Waals surface area contributed by atoms with Crippen LogP contribution in [0.15, 0.2) is 30.3 Å². The Morgan fingerprint density at radius 3 is 2.88 bits per heavy atom. The number of benzene rings is 2. The van der Waals surface area contributed by atoms with Gasteiger partial charge < -0.3 is 19.1 Å². The second-order valence-corrected chi connectivity index (χ2v) is 6.37. The van der Waals surface area contributed by atoms with E-state index in [0.717, 1.165) is 24.1 Å². The second-order valence-electron chi connectivity index (χ2n) is 5.97. The third-order valence-corrected chi connectivity index (χ3v) is 4.88. The van der Waals surface area contributed by atoms with E-state index in [9.17, 15) is 4.79 Å². The summed E-state index contributed by atoms with van der Waals surface area (Å²) in [4.78, 5) is 15.0. The Kier molecular flexibility index (Phi) is 4.17. The average Bonchev–Trinajstić information content (AvgIpc) is 2.67. The van der Waals surface area contributed by atoms with Gasteiger partial charge in [-0.05, 0) is 42.7 Å². The van der Waals surface area contributed by atoms with Crippen LogP contribution in [0.25, 0.3) is 0 Å². The van der Waals surface area contributed by atoms with Crippen molar-refractivity contribution >= 4 is 23.2 Å². The van der Waals surface area contributed by atoms with Crippen LogP contribution in [0, 0.1) is 0 Å². The molecule has 0 unspecified atom stereocenters. The Morgan fingerprint density at radius 1 is 1.20 bits per heavy atom. The first-order valence-corrected chi connectivity index (χ1v) is 8.64. The molecular formula is C19H18ClNO4.